The molecule has 0 aliphatic rings. The molecule has 2 heterocycles. The summed E-state index contributed by atoms with van der Waals surface area (Å²) in [5.74, 6) is 0. The van der Waals surface area contributed by atoms with Gasteiger partial charge in [-0.1, -0.05) is 35.9 Å². The van der Waals surface area contributed by atoms with Crippen LogP contribution in [0.5, 0.6) is 0 Å². The first-order chi connectivity index (χ1) is 14.5. The molecule has 4 aromatic rings. The van der Waals surface area contributed by atoms with E-state index in [2.05, 4.69) is 48.5 Å². The molecule has 0 atom stereocenters. The molecule has 0 spiro atoms. The number of hydrogen-bond acceptors (Lipinski definition) is 4. The average Bonchev–Trinajstić information content (AvgIpc) is 3.39. The molecule has 0 fully saturated rings. The molecule has 0 aliphatic heterocycles. The summed E-state index contributed by atoms with van der Waals surface area (Å²) in [6, 6.07) is 16.2. The van der Waals surface area contributed by atoms with Crippen LogP contribution in [0.1, 0.15) is 26.3 Å². The number of thiazole rings is 1. The third kappa shape index (κ3) is 4.45. The van der Waals surface area contributed by atoms with Crippen LogP contribution in [0, 0.1) is 0 Å². The minimum Gasteiger partial charge on any atom is -0.306 e. The topological polar surface area (TPSA) is 47.5 Å². The minimum absolute atomic E-state index is 0.173. The second-order valence-electron chi connectivity index (χ2n) is 7.15. The number of halogens is 1. The molecule has 152 valence electrons. The predicted molar refractivity (Wildman–Crippen MR) is 125 cm³/mol. The van der Waals surface area contributed by atoms with Crippen molar-refractivity contribution in [3.8, 4) is 16.9 Å². The third-order valence-corrected chi connectivity index (χ3v) is 5.58. The van der Waals surface area contributed by atoms with Crippen LogP contribution in [0.3, 0.4) is 0 Å². The van der Waals surface area contributed by atoms with Crippen LogP contribution < -0.4 is 4.80 Å². The summed E-state index contributed by atoms with van der Waals surface area (Å²) in [6.45, 7) is 6.14. The molecule has 0 saturated carbocycles. The summed E-state index contributed by atoms with van der Waals surface area (Å²) in [7, 11) is 0. The van der Waals surface area contributed by atoms with Crippen LogP contribution in [-0.4, -0.2) is 26.0 Å². The molecule has 0 bridgehead atoms. The number of imidazole rings is 1. The molecule has 0 unspecified atom stereocenters. The maximum absolute atomic E-state index is 6.23. The quantitative estimate of drug-likeness (QED) is 0.374. The van der Waals surface area contributed by atoms with Gasteiger partial charge in [0.15, 0.2) is 0 Å². The number of benzene rings is 2. The van der Waals surface area contributed by atoms with Crippen molar-refractivity contribution in [2.45, 2.75) is 26.8 Å². The molecule has 2 aromatic carbocycles. The third-order valence-electron chi connectivity index (χ3n) is 4.51. The lowest BCUT2D eigenvalue weighted by Crippen LogP contribution is -2.16. The van der Waals surface area contributed by atoms with Crippen LogP contribution in [0.15, 0.2) is 82.7 Å². The maximum Gasteiger partial charge on any atom is 0.206 e. The van der Waals surface area contributed by atoms with Crippen molar-refractivity contribution in [1.82, 2.24) is 14.2 Å². The van der Waals surface area contributed by atoms with Gasteiger partial charge in [-0.25, -0.2) is 9.66 Å². The highest BCUT2D eigenvalue weighted by Crippen LogP contribution is 2.24. The molecule has 0 saturated heterocycles. The highest BCUT2D eigenvalue weighted by molar-refractivity contribution is 7.07. The second kappa shape index (κ2) is 8.81. The van der Waals surface area contributed by atoms with Gasteiger partial charge >= 0.3 is 0 Å². The molecule has 30 heavy (non-hydrogen) atoms. The Labute approximate surface area is 184 Å². The summed E-state index contributed by atoms with van der Waals surface area (Å²) in [5, 5.41) is 7.70. The van der Waals surface area contributed by atoms with Gasteiger partial charge < -0.3 is 4.57 Å². The highest BCUT2D eigenvalue weighted by Gasteiger charge is 2.10. The lowest BCUT2D eigenvalue weighted by molar-refractivity contribution is 0.753. The van der Waals surface area contributed by atoms with E-state index in [-0.39, 0.29) is 6.04 Å². The van der Waals surface area contributed by atoms with Gasteiger partial charge in [-0.3, -0.25) is 4.99 Å². The van der Waals surface area contributed by atoms with Crippen LogP contribution in [0.2, 0.25) is 5.02 Å². The van der Waals surface area contributed by atoms with Gasteiger partial charge in [0.2, 0.25) is 4.80 Å². The Balaban J connectivity index is 1.77. The number of hydrogen-bond donors (Lipinski definition) is 0. The van der Waals surface area contributed by atoms with Gasteiger partial charge in [-0.05, 0) is 50.6 Å². The summed E-state index contributed by atoms with van der Waals surface area (Å²) in [5.41, 5.74) is 4.98. The Kier molecular flexibility index (Phi) is 5.97. The van der Waals surface area contributed by atoms with Crippen molar-refractivity contribution in [2.24, 2.45) is 10.1 Å². The zero-order valence-electron chi connectivity index (χ0n) is 17.0. The van der Waals surface area contributed by atoms with Gasteiger partial charge in [0.05, 0.1) is 17.7 Å². The lowest BCUT2D eigenvalue weighted by Gasteiger charge is -2.08. The van der Waals surface area contributed by atoms with E-state index in [0.29, 0.717) is 5.02 Å². The standard InChI is InChI=1S/C23H22ClN5S/c1-16(2)26-23-29(22(14-30-23)19-5-4-6-20(24)13-19)27-17(3)18-7-9-21(10-8-18)28-12-11-25-15-28/h4-16H,1-3H3. The number of rotatable bonds is 5. The Morgan fingerprint density at radius 3 is 2.60 bits per heavy atom. The molecule has 5 nitrogen and oxygen atoms in total. The predicted octanol–water partition coefficient (Wildman–Crippen LogP) is 5.64. The first-order valence-electron chi connectivity index (χ1n) is 9.66. The monoisotopic (exact) mass is 435 g/mol. The highest BCUT2D eigenvalue weighted by atomic mass is 35.5. The Morgan fingerprint density at radius 2 is 1.93 bits per heavy atom. The van der Waals surface area contributed by atoms with E-state index in [1.54, 1.807) is 23.9 Å². The fourth-order valence-corrected chi connectivity index (χ4v) is 4.20. The average molecular weight is 436 g/mol. The summed E-state index contributed by atoms with van der Waals surface area (Å²) in [4.78, 5) is 9.71. The minimum atomic E-state index is 0.173. The van der Waals surface area contributed by atoms with E-state index in [4.69, 9.17) is 21.7 Å². The van der Waals surface area contributed by atoms with E-state index in [0.717, 1.165) is 33.0 Å². The summed E-state index contributed by atoms with van der Waals surface area (Å²) >= 11 is 7.80. The van der Waals surface area contributed by atoms with Crippen molar-refractivity contribution in [3.05, 3.63) is 88.0 Å². The first-order valence-corrected chi connectivity index (χ1v) is 10.9. The molecule has 0 amide bonds. The van der Waals surface area contributed by atoms with Crippen molar-refractivity contribution >= 4 is 28.6 Å². The van der Waals surface area contributed by atoms with Gasteiger partial charge in [0, 0.05) is 40.1 Å². The first kappa shape index (κ1) is 20.3. The molecule has 4 rings (SSSR count). The van der Waals surface area contributed by atoms with E-state index in [1.165, 1.54) is 0 Å². The molecular weight excluding hydrogens is 414 g/mol. The zero-order valence-corrected chi connectivity index (χ0v) is 18.6. The molecule has 0 radical (unpaired) electrons. The SMILES string of the molecule is CC(=Nn1c(-c2cccc(Cl)c2)csc1=NC(C)C)c1ccc(-n2ccnc2)cc1. The fraction of sp³-hybridized carbons (Fsp3) is 0.174. The Morgan fingerprint density at radius 1 is 1.13 bits per heavy atom. The number of aromatic nitrogens is 3. The second-order valence-corrected chi connectivity index (χ2v) is 8.42. The molecule has 0 N–H and O–H groups in total. The molecule has 0 aliphatic carbocycles. The smallest absolute Gasteiger partial charge is 0.206 e. The van der Waals surface area contributed by atoms with Crippen molar-refractivity contribution in [3.63, 3.8) is 0 Å². The normalized spacial score (nSPS) is 12.7. The van der Waals surface area contributed by atoms with Gasteiger partial charge in [0.25, 0.3) is 0 Å². The van der Waals surface area contributed by atoms with E-state index in [1.807, 2.05) is 46.6 Å². The molecule has 2 aromatic heterocycles. The molecule has 7 heteroatoms. The fourth-order valence-electron chi connectivity index (χ4n) is 3.05. The van der Waals surface area contributed by atoms with Crippen molar-refractivity contribution in [2.75, 3.05) is 0 Å². The maximum atomic E-state index is 6.23. The zero-order chi connectivity index (χ0) is 21.1. The Bertz CT molecular complexity index is 1230. The Hall–Kier alpha value is -2.96. The van der Waals surface area contributed by atoms with Crippen LogP contribution in [0.25, 0.3) is 16.9 Å². The largest absolute Gasteiger partial charge is 0.306 e. The van der Waals surface area contributed by atoms with Gasteiger partial charge in [-0.2, -0.15) is 5.10 Å². The van der Waals surface area contributed by atoms with E-state index >= 15 is 0 Å². The van der Waals surface area contributed by atoms with E-state index < -0.39 is 0 Å². The lowest BCUT2D eigenvalue weighted by atomic mass is 10.1. The van der Waals surface area contributed by atoms with Crippen LogP contribution in [-0.2, 0) is 0 Å². The van der Waals surface area contributed by atoms with Gasteiger partial charge in [0.1, 0.15) is 0 Å². The number of nitrogens with zero attached hydrogens (tertiary/aromatic N) is 5. The molecular formula is C23H22ClN5S. The van der Waals surface area contributed by atoms with Crippen LogP contribution in [0.4, 0.5) is 0 Å². The van der Waals surface area contributed by atoms with Gasteiger partial charge in [-0.15, -0.1) is 11.3 Å². The summed E-state index contributed by atoms with van der Waals surface area (Å²) in [6.07, 6.45) is 5.48. The van der Waals surface area contributed by atoms with Crippen LogP contribution >= 0.6 is 22.9 Å². The summed E-state index contributed by atoms with van der Waals surface area (Å²) < 4.78 is 3.89. The van der Waals surface area contributed by atoms with Crippen molar-refractivity contribution < 1.29 is 0 Å². The van der Waals surface area contributed by atoms with E-state index in [9.17, 15) is 0 Å². The van der Waals surface area contributed by atoms with Crippen molar-refractivity contribution in [1.29, 1.82) is 0 Å².